The lowest BCUT2D eigenvalue weighted by Crippen LogP contribution is -2.38. The van der Waals surface area contributed by atoms with Crippen molar-refractivity contribution in [2.45, 2.75) is 18.8 Å². The van der Waals surface area contributed by atoms with Crippen LogP contribution in [0.1, 0.15) is 16.7 Å². The number of rotatable bonds is 5. The van der Waals surface area contributed by atoms with Crippen molar-refractivity contribution in [2.24, 2.45) is 0 Å². The van der Waals surface area contributed by atoms with E-state index in [1.54, 1.807) is 6.07 Å². The first-order chi connectivity index (χ1) is 10.0. The van der Waals surface area contributed by atoms with Crippen LogP contribution in [-0.2, 0) is 11.8 Å². The highest BCUT2D eigenvalue weighted by Gasteiger charge is 2.34. The molecule has 0 bridgehead atoms. The molecule has 0 aromatic heterocycles. The van der Waals surface area contributed by atoms with Crippen LogP contribution < -0.4 is 0 Å². The molecule has 112 valence electrons. The van der Waals surface area contributed by atoms with Crippen molar-refractivity contribution in [2.75, 3.05) is 13.2 Å². The maximum absolute atomic E-state index is 14.0. The summed E-state index contributed by atoms with van der Waals surface area (Å²) >= 11 is 6.07. The minimum Gasteiger partial charge on any atom is -0.395 e. The highest BCUT2D eigenvalue weighted by molar-refractivity contribution is 6.31. The van der Waals surface area contributed by atoms with E-state index in [1.807, 2.05) is 31.2 Å². The van der Waals surface area contributed by atoms with Crippen molar-refractivity contribution in [1.29, 1.82) is 0 Å². The third kappa shape index (κ3) is 3.10. The molecule has 0 atom stereocenters. The van der Waals surface area contributed by atoms with Crippen molar-refractivity contribution < 1.29 is 14.6 Å². The number of aryl methyl sites for hydroxylation is 1. The number of hydrogen-bond donors (Lipinski definition) is 2. The van der Waals surface area contributed by atoms with Crippen LogP contribution in [0.3, 0.4) is 0 Å². The van der Waals surface area contributed by atoms with Gasteiger partial charge in [-0.05, 0) is 36.6 Å². The van der Waals surface area contributed by atoms with Crippen molar-refractivity contribution >= 4 is 11.6 Å². The molecule has 2 rings (SSSR count). The zero-order valence-electron chi connectivity index (χ0n) is 11.8. The van der Waals surface area contributed by atoms with Gasteiger partial charge in [-0.15, -0.1) is 0 Å². The highest BCUT2D eigenvalue weighted by atomic mass is 35.5. The Kier molecular flexibility index (Phi) is 4.99. The average Bonchev–Trinajstić information content (AvgIpc) is 2.49. The molecule has 0 aliphatic rings. The van der Waals surface area contributed by atoms with E-state index in [0.29, 0.717) is 10.6 Å². The first-order valence-electron chi connectivity index (χ1n) is 6.75. The Morgan fingerprint density at radius 1 is 1.05 bits per heavy atom. The Morgan fingerprint density at radius 3 is 2.29 bits per heavy atom. The second-order valence-electron chi connectivity index (χ2n) is 5.29. The fraction of sp³-hybridized carbons (Fsp3) is 0.294. The molecular formula is C17H18ClFO2. The third-order valence-electron chi connectivity index (χ3n) is 3.90. The Hall–Kier alpha value is -1.42. The molecule has 2 nitrogen and oxygen atoms in total. The van der Waals surface area contributed by atoms with Crippen LogP contribution in [0.25, 0.3) is 0 Å². The molecule has 0 aliphatic carbocycles. The summed E-state index contributed by atoms with van der Waals surface area (Å²) in [5.41, 5.74) is 1.09. The first kappa shape index (κ1) is 16.0. The van der Waals surface area contributed by atoms with E-state index >= 15 is 0 Å². The summed E-state index contributed by atoms with van der Waals surface area (Å²) in [4.78, 5) is 0. The lowest BCUT2D eigenvalue weighted by atomic mass is 9.75. The van der Waals surface area contributed by atoms with Gasteiger partial charge in [-0.3, -0.25) is 0 Å². The van der Waals surface area contributed by atoms with Crippen LogP contribution in [0.4, 0.5) is 4.39 Å². The van der Waals surface area contributed by atoms with Gasteiger partial charge in [0.05, 0.1) is 13.2 Å². The van der Waals surface area contributed by atoms with Crippen LogP contribution >= 0.6 is 11.6 Å². The molecule has 0 amide bonds. The van der Waals surface area contributed by atoms with E-state index in [2.05, 4.69) is 0 Å². The molecule has 2 N–H and O–H groups in total. The predicted molar refractivity (Wildman–Crippen MR) is 82.1 cm³/mol. The fourth-order valence-corrected chi connectivity index (χ4v) is 2.86. The van der Waals surface area contributed by atoms with Gasteiger partial charge >= 0.3 is 0 Å². The quantitative estimate of drug-likeness (QED) is 0.890. The zero-order valence-corrected chi connectivity index (χ0v) is 12.6. The Bertz CT molecular complexity index is 604. The molecule has 2 aromatic rings. The van der Waals surface area contributed by atoms with E-state index in [9.17, 15) is 14.6 Å². The minimum absolute atomic E-state index is 0.135. The van der Waals surface area contributed by atoms with Crippen LogP contribution in [0.2, 0.25) is 5.02 Å². The summed E-state index contributed by atoms with van der Waals surface area (Å²) < 4.78 is 14.0. The van der Waals surface area contributed by atoms with E-state index in [1.165, 1.54) is 12.1 Å². The molecule has 0 heterocycles. The largest absolute Gasteiger partial charge is 0.395 e. The number of aliphatic hydroxyl groups excluding tert-OH is 2. The Morgan fingerprint density at radius 2 is 1.71 bits per heavy atom. The van der Waals surface area contributed by atoms with Gasteiger partial charge < -0.3 is 10.2 Å². The van der Waals surface area contributed by atoms with Gasteiger partial charge in [0.25, 0.3) is 0 Å². The summed E-state index contributed by atoms with van der Waals surface area (Å²) in [6.45, 7) is 1.32. The normalized spacial score (nSPS) is 11.7. The van der Waals surface area contributed by atoms with Crippen molar-refractivity contribution in [3.05, 3.63) is 70.0 Å². The molecule has 4 heteroatoms. The van der Waals surface area contributed by atoms with Crippen molar-refractivity contribution in [1.82, 2.24) is 0 Å². The molecule has 0 aliphatic heterocycles. The second kappa shape index (κ2) is 6.56. The van der Waals surface area contributed by atoms with E-state index in [-0.39, 0.29) is 19.6 Å². The van der Waals surface area contributed by atoms with Crippen molar-refractivity contribution in [3.8, 4) is 0 Å². The highest BCUT2D eigenvalue weighted by Crippen LogP contribution is 2.33. The molecule has 0 spiro atoms. The third-order valence-corrected chi connectivity index (χ3v) is 4.25. The number of aliphatic hydroxyl groups is 2. The van der Waals surface area contributed by atoms with Gasteiger partial charge in [-0.2, -0.15) is 0 Å². The zero-order chi connectivity index (χ0) is 15.5. The second-order valence-corrected chi connectivity index (χ2v) is 5.70. The summed E-state index contributed by atoms with van der Waals surface area (Å²) in [6.07, 6.45) is 0.135. The van der Waals surface area contributed by atoms with Gasteiger partial charge in [-0.1, -0.05) is 41.9 Å². The van der Waals surface area contributed by atoms with Crippen molar-refractivity contribution in [3.63, 3.8) is 0 Å². The van der Waals surface area contributed by atoms with Crippen LogP contribution in [-0.4, -0.2) is 23.4 Å². The molecule has 21 heavy (non-hydrogen) atoms. The average molecular weight is 309 g/mol. The molecule has 0 saturated heterocycles. The maximum Gasteiger partial charge on any atom is 0.127 e. The molecule has 0 radical (unpaired) electrons. The van der Waals surface area contributed by atoms with Gasteiger partial charge in [0.15, 0.2) is 0 Å². The first-order valence-corrected chi connectivity index (χ1v) is 7.12. The molecule has 2 aromatic carbocycles. The SMILES string of the molecule is Cc1ccccc1C(CO)(CO)Cc1c(F)cccc1Cl. The standard InChI is InChI=1S/C17H18ClFO2/c1-12-5-2-3-6-14(12)17(10-20,11-21)9-13-15(18)7-4-8-16(13)19/h2-8,20-21H,9-11H2,1H3. The van der Waals surface area contributed by atoms with Gasteiger partial charge in [0, 0.05) is 16.0 Å². The van der Waals surface area contributed by atoms with Crippen LogP contribution in [0.15, 0.2) is 42.5 Å². The maximum atomic E-state index is 14.0. The fourth-order valence-electron chi connectivity index (χ4n) is 2.63. The molecule has 0 saturated carbocycles. The van der Waals surface area contributed by atoms with E-state index < -0.39 is 11.2 Å². The summed E-state index contributed by atoms with van der Waals surface area (Å²) in [5.74, 6) is -0.428. The predicted octanol–water partition coefficient (Wildman–Crippen LogP) is 3.25. The van der Waals surface area contributed by atoms with Gasteiger partial charge in [0.2, 0.25) is 0 Å². The Labute approximate surface area is 128 Å². The number of hydrogen-bond acceptors (Lipinski definition) is 2. The minimum atomic E-state index is -0.961. The summed E-state index contributed by atoms with van der Waals surface area (Å²) in [5, 5.41) is 20.0. The van der Waals surface area contributed by atoms with Crippen LogP contribution in [0, 0.1) is 12.7 Å². The number of halogens is 2. The molecular weight excluding hydrogens is 291 g/mol. The lowest BCUT2D eigenvalue weighted by Gasteiger charge is -2.32. The summed E-state index contributed by atoms with van der Waals surface area (Å²) in [6, 6.07) is 11.9. The van der Waals surface area contributed by atoms with Gasteiger partial charge in [0.1, 0.15) is 5.82 Å². The van der Waals surface area contributed by atoms with E-state index in [4.69, 9.17) is 11.6 Å². The van der Waals surface area contributed by atoms with Crippen LogP contribution in [0.5, 0.6) is 0 Å². The number of benzene rings is 2. The lowest BCUT2D eigenvalue weighted by molar-refractivity contribution is 0.115. The smallest absolute Gasteiger partial charge is 0.127 e. The molecule has 0 fully saturated rings. The Balaban J connectivity index is 2.51. The monoisotopic (exact) mass is 308 g/mol. The summed E-state index contributed by atoms with van der Waals surface area (Å²) in [7, 11) is 0. The topological polar surface area (TPSA) is 40.5 Å². The molecule has 0 unspecified atom stereocenters. The van der Waals surface area contributed by atoms with E-state index in [0.717, 1.165) is 11.1 Å². The van der Waals surface area contributed by atoms with Gasteiger partial charge in [-0.25, -0.2) is 4.39 Å².